The van der Waals surface area contributed by atoms with Gasteiger partial charge in [-0.3, -0.25) is 0 Å². The third-order valence-corrected chi connectivity index (χ3v) is 1.84. The van der Waals surface area contributed by atoms with E-state index in [1.54, 1.807) is 0 Å². The van der Waals surface area contributed by atoms with Crippen molar-refractivity contribution in [1.82, 2.24) is 4.98 Å². The maximum atomic E-state index is 10.6. The molecule has 0 saturated heterocycles. The van der Waals surface area contributed by atoms with E-state index < -0.39 is 18.2 Å². The number of fused-ring (bicyclic) bond motifs is 1. The van der Waals surface area contributed by atoms with E-state index in [1.807, 2.05) is 0 Å². The first-order valence-electron chi connectivity index (χ1n) is 3.97. The molecule has 0 spiro atoms. The smallest absolute Gasteiger partial charge is 0.366 e. The van der Waals surface area contributed by atoms with Gasteiger partial charge in [0, 0.05) is 0 Å². The number of rotatable bonds is 2. The van der Waals surface area contributed by atoms with E-state index >= 15 is 0 Å². The molecule has 1 aromatic heterocycles. The van der Waals surface area contributed by atoms with Crippen molar-refractivity contribution < 1.29 is 24.5 Å². The lowest BCUT2D eigenvalue weighted by molar-refractivity contribution is -0.143. The maximum Gasteiger partial charge on any atom is 0.366 e. The van der Waals surface area contributed by atoms with E-state index in [-0.39, 0.29) is 11.4 Å². The lowest BCUT2D eigenvalue weighted by Gasteiger charge is -2.03. The summed E-state index contributed by atoms with van der Waals surface area (Å²) in [7, 11) is 0. The highest BCUT2D eigenvalue weighted by atomic mass is 16.5. The van der Waals surface area contributed by atoms with Crippen molar-refractivity contribution >= 4 is 17.6 Å². The summed E-state index contributed by atoms with van der Waals surface area (Å²) >= 11 is 0. The molecule has 0 fully saturated rings. The average Bonchev–Trinajstić information content (AvgIpc) is 2.59. The van der Waals surface area contributed by atoms with Crippen LogP contribution in [0.3, 0.4) is 0 Å². The molecule has 0 saturated carbocycles. The molecule has 1 aromatic rings. The molecule has 0 aromatic carbocycles. The number of aliphatic carboxylic acids is 1. The molecule has 2 rings (SSSR count). The molecular weight excluding hydrogens is 204 g/mol. The molecule has 3 N–H and O–H groups in total. The standard InChI is InChI=1S/C8H6N2O5/c11-7(12)4-1-3-5(2-9-4)15-6(10-3)8(13)14/h1-2,6,10H,(H,11,12)(H,13,14). The number of anilines is 1. The minimum atomic E-state index is -1.19. The Morgan fingerprint density at radius 3 is 2.80 bits per heavy atom. The van der Waals surface area contributed by atoms with E-state index in [4.69, 9.17) is 14.9 Å². The van der Waals surface area contributed by atoms with Crippen LogP contribution in [0.1, 0.15) is 10.5 Å². The molecule has 1 unspecified atom stereocenters. The Morgan fingerprint density at radius 1 is 1.47 bits per heavy atom. The second kappa shape index (κ2) is 3.12. The quantitative estimate of drug-likeness (QED) is 0.630. The Labute approximate surface area is 83.3 Å². The van der Waals surface area contributed by atoms with E-state index in [2.05, 4.69) is 10.3 Å². The van der Waals surface area contributed by atoms with Gasteiger partial charge < -0.3 is 20.3 Å². The van der Waals surface area contributed by atoms with Crippen LogP contribution in [0.25, 0.3) is 0 Å². The number of hydrogen-bond acceptors (Lipinski definition) is 5. The summed E-state index contributed by atoms with van der Waals surface area (Å²) in [6.07, 6.45) is -0.0137. The van der Waals surface area contributed by atoms with Gasteiger partial charge in [0.15, 0.2) is 11.4 Å². The van der Waals surface area contributed by atoms with Gasteiger partial charge in [0.25, 0.3) is 6.23 Å². The van der Waals surface area contributed by atoms with Gasteiger partial charge in [0.1, 0.15) is 0 Å². The van der Waals surface area contributed by atoms with Gasteiger partial charge in [-0.1, -0.05) is 0 Å². The summed E-state index contributed by atoms with van der Waals surface area (Å²) in [5.74, 6) is -2.13. The van der Waals surface area contributed by atoms with Gasteiger partial charge >= 0.3 is 11.9 Å². The van der Waals surface area contributed by atoms with E-state index in [0.29, 0.717) is 5.69 Å². The van der Waals surface area contributed by atoms with Crippen LogP contribution in [-0.4, -0.2) is 33.4 Å². The van der Waals surface area contributed by atoms with Crippen molar-refractivity contribution in [1.29, 1.82) is 0 Å². The largest absolute Gasteiger partial charge is 0.477 e. The number of hydrogen-bond donors (Lipinski definition) is 3. The molecule has 7 heteroatoms. The molecule has 15 heavy (non-hydrogen) atoms. The van der Waals surface area contributed by atoms with E-state index in [0.717, 1.165) is 0 Å². The molecule has 0 bridgehead atoms. The SMILES string of the molecule is O=C(O)c1cc2c(cn1)OC(C(=O)O)N2. The molecule has 2 heterocycles. The minimum Gasteiger partial charge on any atom is -0.477 e. The summed E-state index contributed by atoms with van der Waals surface area (Å²) < 4.78 is 4.94. The summed E-state index contributed by atoms with van der Waals surface area (Å²) in [6, 6.07) is 1.22. The van der Waals surface area contributed by atoms with Gasteiger partial charge in [-0.25, -0.2) is 14.6 Å². The highest BCUT2D eigenvalue weighted by molar-refractivity contribution is 5.88. The first kappa shape index (κ1) is 9.25. The van der Waals surface area contributed by atoms with Crippen LogP contribution in [0.2, 0.25) is 0 Å². The summed E-state index contributed by atoms with van der Waals surface area (Å²) in [5, 5.41) is 19.8. The fourth-order valence-electron chi connectivity index (χ4n) is 1.18. The number of nitrogens with zero attached hydrogens (tertiary/aromatic N) is 1. The molecular formula is C8H6N2O5. The van der Waals surface area contributed by atoms with Gasteiger partial charge in [0.2, 0.25) is 0 Å². The van der Waals surface area contributed by atoms with Crippen LogP contribution in [0.5, 0.6) is 5.75 Å². The normalized spacial score (nSPS) is 17.5. The second-order valence-corrected chi connectivity index (χ2v) is 2.85. The number of ether oxygens (including phenoxy) is 1. The van der Waals surface area contributed by atoms with Crippen molar-refractivity contribution in [2.75, 3.05) is 5.32 Å². The fourth-order valence-corrected chi connectivity index (χ4v) is 1.18. The molecule has 1 aliphatic heterocycles. The lowest BCUT2D eigenvalue weighted by Crippen LogP contribution is -2.30. The second-order valence-electron chi connectivity index (χ2n) is 2.85. The zero-order valence-electron chi connectivity index (χ0n) is 7.30. The van der Waals surface area contributed by atoms with Crippen LogP contribution in [0.4, 0.5) is 5.69 Å². The Morgan fingerprint density at radius 2 is 2.20 bits per heavy atom. The minimum absolute atomic E-state index is 0.170. The number of nitrogens with one attached hydrogen (secondary N) is 1. The van der Waals surface area contributed by atoms with E-state index in [9.17, 15) is 9.59 Å². The first-order chi connectivity index (χ1) is 7.08. The Balaban J connectivity index is 2.31. The average molecular weight is 210 g/mol. The van der Waals surface area contributed by atoms with Gasteiger partial charge in [0.05, 0.1) is 11.9 Å². The number of aromatic carboxylic acids is 1. The Kier molecular flexibility index (Phi) is 1.93. The number of pyridine rings is 1. The van der Waals surface area contributed by atoms with E-state index in [1.165, 1.54) is 12.3 Å². The highest BCUT2D eigenvalue weighted by Gasteiger charge is 2.28. The predicted molar refractivity (Wildman–Crippen MR) is 46.9 cm³/mol. The zero-order chi connectivity index (χ0) is 11.0. The van der Waals surface area contributed by atoms with Crippen molar-refractivity contribution in [3.63, 3.8) is 0 Å². The van der Waals surface area contributed by atoms with Gasteiger partial charge in [-0.15, -0.1) is 0 Å². The van der Waals surface area contributed by atoms with Crippen LogP contribution < -0.4 is 10.1 Å². The number of aromatic nitrogens is 1. The Bertz CT molecular complexity index is 445. The summed E-state index contributed by atoms with van der Waals surface area (Å²) in [4.78, 5) is 24.7. The van der Waals surface area contributed by atoms with Gasteiger partial charge in [-0.05, 0) is 6.07 Å². The van der Waals surface area contributed by atoms with Crippen LogP contribution in [0.15, 0.2) is 12.3 Å². The lowest BCUT2D eigenvalue weighted by atomic mass is 10.3. The molecule has 1 atom stereocenters. The van der Waals surface area contributed by atoms with Crippen LogP contribution in [0, 0.1) is 0 Å². The molecule has 78 valence electrons. The monoisotopic (exact) mass is 210 g/mol. The Hall–Kier alpha value is -2.31. The van der Waals surface area contributed by atoms with Crippen molar-refractivity contribution in [2.24, 2.45) is 0 Å². The molecule has 0 aliphatic carbocycles. The van der Waals surface area contributed by atoms with Crippen molar-refractivity contribution in [3.8, 4) is 5.75 Å². The van der Waals surface area contributed by atoms with Crippen molar-refractivity contribution in [2.45, 2.75) is 6.23 Å². The van der Waals surface area contributed by atoms with Crippen LogP contribution >= 0.6 is 0 Å². The van der Waals surface area contributed by atoms with Gasteiger partial charge in [-0.2, -0.15) is 0 Å². The summed E-state index contributed by atoms with van der Waals surface area (Å²) in [6.45, 7) is 0. The highest BCUT2D eigenvalue weighted by Crippen LogP contribution is 2.31. The first-order valence-corrected chi connectivity index (χ1v) is 3.97. The summed E-state index contributed by atoms with van der Waals surface area (Å²) in [5.41, 5.74) is 0.144. The number of carboxylic acid groups (broad SMARTS) is 2. The maximum absolute atomic E-state index is 10.6. The third-order valence-electron chi connectivity index (χ3n) is 1.84. The molecule has 7 nitrogen and oxygen atoms in total. The zero-order valence-corrected chi connectivity index (χ0v) is 7.30. The van der Waals surface area contributed by atoms with Crippen LogP contribution in [-0.2, 0) is 4.79 Å². The molecule has 0 radical (unpaired) electrons. The number of carbonyl (C=O) groups is 2. The number of carboxylic acids is 2. The van der Waals surface area contributed by atoms with Crippen molar-refractivity contribution in [3.05, 3.63) is 18.0 Å². The molecule has 1 aliphatic rings. The third kappa shape index (κ3) is 1.54. The molecule has 0 amide bonds. The predicted octanol–water partition coefficient (Wildman–Crippen LogP) is -0.00520. The fraction of sp³-hybridized carbons (Fsp3) is 0.125. The topological polar surface area (TPSA) is 109 Å².